The summed E-state index contributed by atoms with van der Waals surface area (Å²) in [5, 5.41) is 0.647. The second kappa shape index (κ2) is 5.43. The maximum Gasteiger partial charge on any atom is 0.124 e. The lowest BCUT2D eigenvalue weighted by molar-refractivity contribution is 0.624. The molecule has 2 rings (SSSR count). The highest BCUT2D eigenvalue weighted by atomic mass is 35.5. The first-order valence-corrected chi connectivity index (χ1v) is 6.44. The van der Waals surface area contributed by atoms with E-state index in [-0.39, 0.29) is 5.82 Å². The highest BCUT2D eigenvalue weighted by molar-refractivity contribution is 7.98. The summed E-state index contributed by atoms with van der Waals surface area (Å²) in [5.41, 5.74) is 7.40. The zero-order chi connectivity index (χ0) is 12.3. The van der Waals surface area contributed by atoms with Gasteiger partial charge in [-0.05, 0) is 30.3 Å². The molecule has 88 valence electrons. The van der Waals surface area contributed by atoms with E-state index in [1.807, 2.05) is 18.2 Å². The molecule has 2 aromatic carbocycles. The van der Waals surface area contributed by atoms with E-state index in [1.165, 1.54) is 23.9 Å². The molecule has 0 atom stereocenters. The van der Waals surface area contributed by atoms with Gasteiger partial charge in [-0.15, -0.1) is 11.8 Å². The van der Waals surface area contributed by atoms with E-state index in [1.54, 1.807) is 12.1 Å². The molecular formula is C13H11ClFNS. The number of hydrogen-bond donors (Lipinski definition) is 1. The fourth-order valence-corrected chi connectivity index (χ4v) is 2.77. The third-order valence-corrected chi connectivity index (χ3v) is 3.71. The Balaban J connectivity index is 2.13. The molecule has 0 aliphatic carbocycles. The van der Waals surface area contributed by atoms with E-state index in [0.717, 1.165) is 10.5 Å². The Kier molecular flexibility index (Phi) is 3.92. The normalized spacial score (nSPS) is 10.5. The number of rotatable bonds is 3. The highest BCUT2D eigenvalue weighted by Gasteiger charge is 2.05. The molecule has 0 aliphatic rings. The van der Waals surface area contributed by atoms with Crippen molar-refractivity contribution in [3.05, 3.63) is 58.9 Å². The van der Waals surface area contributed by atoms with Crippen molar-refractivity contribution in [1.82, 2.24) is 0 Å². The number of nitrogen functional groups attached to an aromatic ring is 1. The van der Waals surface area contributed by atoms with Crippen molar-refractivity contribution in [2.45, 2.75) is 10.6 Å². The second-order valence-electron chi connectivity index (χ2n) is 3.55. The lowest BCUT2D eigenvalue weighted by atomic mass is 10.2. The molecule has 0 aromatic heterocycles. The monoisotopic (exact) mass is 267 g/mol. The van der Waals surface area contributed by atoms with Gasteiger partial charge in [-0.1, -0.05) is 23.7 Å². The van der Waals surface area contributed by atoms with Crippen molar-refractivity contribution in [3.8, 4) is 0 Å². The van der Waals surface area contributed by atoms with Crippen molar-refractivity contribution in [2.75, 3.05) is 5.73 Å². The molecule has 1 nitrogen and oxygen atoms in total. The standard InChI is InChI=1S/C13H11ClFNS/c14-12-5-2-6-13(16)11(12)8-17-10-4-1-3-9(15)7-10/h1-7H,8,16H2. The van der Waals surface area contributed by atoms with Crippen molar-refractivity contribution in [1.29, 1.82) is 0 Å². The highest BCUT2D eigenvalue weighted by Crippen LogP contribution is 2.30. The fraction of sp³-hybridized carbons (Fsp3) is 0.0769. The maximum atomic E-state index is 13.0. The molecule has 0 saturated carbocycles. The number of nitrogens with two attached hydrogens (primary N) is 1. The number of benzene rings is 2. The number of thioether (sulfide) groups is 1. The van der Waals surface area contributed by atoms with Crippen LogP contribution in [0, 0.1) is 5.82 Å². The van der Waals surface area contributed by atoms with Crippen LogP contribution in [0.25, 0.3) is 0 Å². The Morgan fingerprint density at radius 1 is 1.18 bits per heavy atom. The number of halogens is 2. The first-order chi connectivity index (χ1) is 8.16. The van der Waals surface area contributed by atoms with Gasteiger partial charge in [-0.3, -0.25) is 0 Å². The average Bonchev–Trinajstić information content (AvgIpc) is 2.28. The molecule has 0 fully saturated rings. The molecule has 17 heavy (non-hydrogen) atoms. The molecule has 4 heteroatoms. The van der Waals surface area contributed by atoms with Crippen molar-refractivity contribution in [2.24, 2.45) is 0 Å². The molecule has 0 aliphatic heterocycles. The second-order valence-corrected chi connectivity index (χ2v) is 5.01. The zero-order valence-electron chi connectivity index (χ0n) is 8.99. The van der Waals surface area contributed by atoms with Gasteiger partial charge < -0.3 is 5.73 Å². The molecule has 2 N–H and O–H groups in total. The maximum absolute atomic E-state index is 13.0. The van der Waals surface area contributed by atoms with Gasteiger partial charge >= 0.3 is 0 Å². The van der Waals surface area contributed by atoms with Crippen molar-refractivity contribution >= 4 is 29.1 Å². The third-order valence-electron chi connectivity index (χ3n) is 2.33. The van der Waals surface area contributed by atoms with Crippen LogP contribution in [0.3, 0.4) is 0 Å². The summed E-state index contributed by atoms with van der Waals surface area (Å²) in [7, 11) is 0. The minimum Gasteiger partial charge on any atom is -0.398 e. The predicted octanol–water partition coefficient (Wildman–Crippen LogP) is 4.35. The van der Waals surface area contributed by atoms with Gasteiger partial charge in [0.05, 0.1) is 0 Å². The molecular weight excluding hydrogens is 257 g/mol. The van der Waals surface area contributed by atoms with Gasteiger partial charge in [0.15, 0.2) is 0 Å². The van der Waals surface area contributed by atoms with Crippen molar-refractivity contribution < 1.29 is 4.39 Å². The van der Waals surface area contributed by atoms with Crippen LogP contribution in [0.4, 0.5) is 10.1 Å². The smallest absolute Gasteiger partial charge is 0.124 e. The van der Waals surface area contributed by atoms with E-state index in [2.05, 4.69) is 0 Å². The first kappa shape index (κ1) is 12.3. The summed E-state index contributed by atoms with van der Waals surface area (Å²) >= 11 is 7.57. The van der Waals surface area contributed by atoms with Crippen LogP contribution >= 0.6 is 23.4 Å². The fourth-order valence-electron chi connectivity index (χ4n) is 1.44. The Morgan fingerprint density at radius 2 is 1.94 bits per heavy atom. The summed E-state index contributed by atoms with van der Waals surface area (Å²) in [6.07, 6.45) is 0. The quantitative estimate of drug-likeness (QED) is 0.661. The minimum absolute atomic E-state index is 0.234. The number of hydrogen-bond acceptors (Lipinski definition) is 2. The Bertz CT molecular complexity index is 510. The van der Waals surface area contributed by atoms with Gasteiger partial charge in [0, 0.05) is 26.9 Å². The first-order valence-electron chi connectivity index (χ1n) is 5.08. The Morgan fingerprint density at radius 3 is 2.65 bits per heavy atom. The SMILES string of the molecule is Nc1cccc(Cl)c1CSc1cccc(F)c1. The van der Waals surface area contributed by atoms with E-state index >= 15 is 0 Å². The largest absolute Gasteiger partial charge is 0.398 e. The predicted molar refractivity (Wildman–Crippen MR) is 71.8 cm³/mol. The lowest BCUT2D eigenvalue weighted by Crippen LogP contribution is -1.93. The molecule has 0 bridgehead atoms. The molecule has 0 unspecified atom stereocenters. The van der Waals surface area contributed by atoms with Crippen molar-refractivity contribution in [3.63, 3.8) is 0 Å². The van der Waals surface area contributed by atoms with Crippen LogP contribution in [-0.2, 0) is 5.75 Å². The van der Waals surface area contributed by atoms with Gasteiger partial charge in [0.1, 0.15) is 5.82 Å². The van der Waals surface area contributed by atoms with Crippen LogP contribution in [0.5, 0.6) is 0 Å². The van der Waals surface area contributed by atoms with E-state index in [0.29, 0.717) is 16.5 Å². The molecule has 0 amide bonds. The number of anilines is 1. The molecule has 0 spiro atoms. The van der Waals surface area contributed by atoms with Gasteiger partial charge in [-0.25, -0.2) is 4.39 Å². The van der Waals surface area contributed by atoms with E-state index in [9.17, 15) is 4.39 Å². The molecule has 2 aromatic rings. The van der Waals surface area contributed by atoms with Gasteiger partial charge in [0.25, 0.3) is 0 Å². The zero-order valence-corrected chi connectivity index (χ0v) is 10.6. The summed E-state index contributed by atoms with van der Waals surface area (Å²) in [5.74, 6) is 0.400. The van der Waals surface area contributed by atoms with Crippen LogP contribution in [0.2, 0.25) is 5.02 Å². The Hall–Kier alpha value is -1.19. The third kappa shape index (κ3) is 3.14. The van der Waals surface area contributed by atoms with Crippen LogP contribution < -0.4 is 5.73 Å². The van der Waals surface area contributed by atoms with E-state index in [4.69, 9.17) is 17.3 Å². The van der Waals surface area contributed by atoms with Gasteiger partial charge in [0.2, 0.25) is 0 Å². The average molecular weight is 268 g/mol. The molecule has 0 heterocycles. The summed E-state index contributed by atoms with van der Waals surface area (Å²) < 4.78 is 13.0. The molecule has 0 saturated heterocycles. The van der Waals surface area contributed by atoms with Crippen LogP contribution in [0.1, 0.15) is 5.56 Å². The molecule has 0 radical (unpaired) electrons. The lowest BCUT2D eigenvalue weighted by Gasteiger charge is -2.07. The van der Waals surface area contributed by atoms with E-state index < -0.39 is 0 Å². The topological polar surface area (TPSA) is 26.0 Å². The summed E-state index contributed by atoms with van der Waals surface area (Å²) in [6.45, 7) is 0. The summed E-state index contributed by atoms with van der Waals surface area (Å²) in [6, 6.07) is 11.9. The van der Waals surface area contributed by atoms with Crippen LogP contribution in [0.15, 0.2) is 47.4 Å². The Labute approximate surface area is 109 Å². The van der Waals surface area contributed by atoms with Gasteiger partial charge in [-0.2, -0.15) is 0 Å². The van der Waals surface area contributed by atoms with Crippen LogP contribution in [-0.4, -0.2) is 0 Å². The summed E-state index contributed by atoms with van der Waals surface area (Å²) in [4.78, 5) is 0.865. The minimum atomic E-state index is -0.234.